The van der Waals surface area contributed by atoms with Gasteiger partial charge in [-0.05, 0) is 44.9 Å². The molecule has 1 amide bonds. The number of nitrogens with one attached hydrogen (secondary N) is 2. The van der Waals surface area contributed by atoms with Gasteiger partial charge in [-0.25, -0.2) is 4.98 Å². The minimum absolute atomic E-state index is 0.0190. The maximum Gasteiger partial charge on any atom is 0.254 e. The highest BCUT2D eigenvalue weighted by Gasteiger charge is 2.24. The third-order valence-electron chi connectivity index (χ3n) is 5.12. The molecular formula is C19H33N5O2. The van der Waals surface area contributed by atoms with Crippen LogP contribution in [0.3, 0.4) is 0 Å². The van der Waals surface area contributed by atoms with Gasteiger partial charge in [-0.1, -0.05) is 20.8 Å². The first-order chi connectivity index (χ1) is 12.2. The Morgan fingerprint density at radius 2 is 2.00 bits per heavy atom. The van der Waals surface area contributed by atoms with Crippen molar-refractivity contribution in [2.45, 2.75) is 78.5 Å². The summed E-state index contributed by atoms with van der Waals surface area (Å²) in [6.45, 7) is 11.3. The lowest BCUT2D eigenvalue weighted by molar-refractivity contribution is 0.0346. The van der Waals surface area contributed by atoms with E-state index < -0.39 is 5.91 Å². The highest BCUT2D eigenvalue weighted by Crippen LogP contribution is 2.26. The van der Waals surface area contributed by atoms with Gasteiger partial charge in [0.25, 0.3) is 5.91 Å². The summed E-state index contributed by atoms with van der Waals surface area (Å²) in [5, 5.41) is 6.71. The van der Waals surface area contributed by atoms with E-state index in [1.165, 1.54) is 6.20 Å². The zero-order valence-electron chi connectivity index (χ0n) is 16.6. The average Bonchev–Trinajstić information content (AvgIpc) is 2.56. The molecule has 0 spiro atoms. The van der Waals surface area contributed by atoms with Crippen molar-refractivity contribution < 1.29 is 9.53 Å². The molecule has 1 fully saturated rings. The van der Waals surface area contributed by atoms with Crippen molar-refractivity contribution >= 4 is 17.7 Å². The molecule has 0 aliphatic heterocycles. The zero-order valence-corrected chi connectivity index (χ0v) is 16.6. The van der Waals surface area contributed by atoms with E-state index in [1.807, 2.05) is 6.92 Å². The van der Waals surface area contributed by atoms with Crippen LogP contribution in [0.1, 0.15) is 70.7 Å². The number of carbonyl (C=O) groups is 1. The molecule has 0 saturated heterocycles. The molecule has 2 rings (SSSR count). The number of hydrogen-bond acceptors (Lipinski definition) is 6. The van der Waals surface area contributed by atoms with E-state index in [4.69, 9.17) is 10.5 Å². The molecule has 0 radical (unpaired) electrons. The summed E-state index contributed by atoms with van der Waals surface area (Å²) in [4.78, 5) is 20.5. The SMILES string of the molecule is CCOC1CCC(Nc2ncc(C(N)=O)c(NC(C)C(C)(C)C)n2)CC1. The molecule has 1 aliphatic rings. The van der Waals surface area contributed by atoms with Crippen molar-refractivity contribution in [3.05, 3.63) is 11.8 Å². The number of hydrogen-bond donors (Lipinski definition) is 3. The lowest BCUT2D eigenvalue weighted by Gasteiger charge is -2.30. The molecule has 1 aromatic heterocycles. The van der Waals surface area contributed by atoms with Crippen LogP contribution in [0.15, 0.2) is 6.20 Å². The monoisotopic (exact) mass is 363 g/mol. The normalized spacial score (nSPS) is 21.9. The highest BCUT2D eigenvalue weighted by molar-refractivity contribution is 5.97. The van der Waals surface area contributed by atoms with Crippen LogP contribution >= 0.6 is 0 Å². The van der Waals surface area contributed by atoms with Gasteiger partial charge in [0, 0.05) is 24.9 Å². The number of nitrogens with zero attached hydrogens (tertiary/aromatic N) is 2. The smallest absolute Gasteiger partial charge is 0.254 e. The topological polar surface area (TPSA) is 102 Å². The van der Waals surface area contributed by atoms with E-state index in [0.717, 1.165) is 32.3 Å². The van der Waals surface area contributed by atoms with Crippen LogP contribution in [0.5, 0.6) is 0 Å². The molecule has 1 saturated carbocycles. The van der Waals surface area contributed by atoms with Gasteiger partial charge >= 0.3 is 0 Å². The molecule has 7 nitrogen and oxygen atoms in total. The van der Waals surface area contributed by atoms with Crippen molar-refractivity contribution in [3.8, 4) is 0 Å². The van der Waals surface area contributed by atoms with Crippen LogP contribution < -0.4 is 16.4 Å². The fourth-order valence-corrected chi connectivity index (χ4v) is 2.96. The second kappa shape index (κ2) is 8.66. The molecule has 7 heteroatoms. The summed E-state index contributed by atoms with van der Waals surface area (Å²) < 4.78 is 5.70. The number of primary amides is 1. The van der Waals surface area contributed by atoms with Crippen LogP contribution in [0.25, 0.3) is 0 Å². The summed E-state index contributed by atoms with van der Waals surface area (Å²) in [6, 6.07) is 0.434. The van der Waals surface area contributed by atoms with Crippen molar-refractivity contribution in [2.75, 3.05) is 17.2 Å². The summed E-state index contributed by atoms with van der Waals surface area (Å²) in [5.41, 5.74) is 5.81. The van der Waals surface area contributed by atoms with E-state index >= 15 is 0 Å². The fraction of sp³-hybridized carbons (Fsp3) is 0.737. The third kappa shape index (κ3) is 5.56. The van der Waals surface area contributed by atoms with Crippen LogP contribution in [0.2, 0.25) is 0 Å². The van der Waals surface area contributed by atoms with Crippen LogP contribution in [-0.2, 0) is 4.74 Å². The predicted molar refractivity (Wildman–Crippen MR) is 104 cm³/mol. The average molecular weight is 364 g/mol. The number of carbonyl (C=O) groups excluding carboxylic acids is 1. The Morgan fingerprint density at radius 3 is 2.54 bits per heavy atom. The van der Waals surface area contributed by atoms with Crippen molar-refractivity contribution in [3.63, 3.8) is 0 Å². The van der Waals surface area contributed by atoms with E-state index in [-0.39, 0.29) is 11.5 Å². The van der Waals surface area contributed by atoms with Gasteiger partial charge in [0.05, 0.1) is 11.7 Å². The maximum atomic E-state index is 11.7. The van der Waals surface area contributed by atoms with Gasteiger partial charge in [-0.3, -0.25) is 4.79 Å². The Hall–Kier alpha value is -1.89. The fourth-order valence-electron chi connectivity index (χ4n) is 2.96. The predicted octanol–water partition coefficient (Wildman–Crippen LogP) is 3.18. The molecular weight excluding hydrogens is 330 g/mol. The van der Waals surface area contributed by atoms with Gasteiger partial charge in [0.2, 0.25) is 5.95 Å². The Bertz CT molecular complexity index is 606. The second-order valence-electron chi connectivity index (χ2n) is 8.13. The summed E-state index contributed by atoms with van der Waals surface area (Å²) in [6.07, 6.45) is 5.98. The highest BCUT2D eigenvalue weighted by atomic mass is 16.5. The molecule has 1 aromatic rings. The largest absolute Gasteiger partial charge is 0.379 e. The Morgan fingerprint density at radius 1 is 1.35 bits per heavy atom. The Labute approximate surface area is 156 Å². The van der Waals surface area contributed by atoms with Gasteiger partial charge in [-0.15, -0.1) is 0 Å². The van der Waals surface area contributed by atoms with Gasteiger partial charge in [0.15, 0.2) is 0 Å². The molecule has 146 valence electrons. The van der Waals surface area contributed by atoms with Crippen LogP contribution in [0, 0.1) is 5.41 Å². The molecule has 1 unspecified atom stereocenters. The number of rotatable bonds is 7. The lowest BCUT2D eigenvalue weighted by atomic mass is 9.88. The standard InChI is InChI=1S/C19H33N5O2/c1-6-26-14-9-7-13(8-10-14)23-18-21-11-15(16(20)25)17(24-18)22-12(2)19(3,4)5/h11-14H,6-10H2,1-5H3,(H2,20,25)(H2,21,22,23,24). The first kappa shape index (κ1) is 20.4. The van der Waals surface area contributed by atoms with Gasteiger partial charge in [0.1, 0.15) is 5.82 Å². The number of anilines is 2. The summed E-state index contributed by atoms with van der Waals surface area (Å²) >= 11 is 0. The number of aromatic nitrogens is 2. The van der Waals surface area contributed by atoms with Crippen LogP contribution in [0.4, 0.5) is 11.8 Å². The molecule has 1 heterocycles. The quantitative estimate of drug-likeness (QED) is 0.687. The number of nitrogens with two attached hydrogens (primary N) is 1. The van der Waals surface area contributed by atoms with E-state index in [0.29, 0.717) is 29.5 Å². The third-order valence-corrected chi connectivity index (χ3v) is 5.12. The van der Waals surface area contributed by atoms with E-state index in [9.17, 15) is 4.79 Å². The second-order valence-corrected chi connectivity index (χ2v) is 8.13. The lowest BCUT2D eigenvalue weighted by Crippen LogP contribution is -2.33. The van der Waals surface area contributed by atoms with E-state index in [1.54, 1.807) is 0 Å². The molecule has 0 aromatic carbocycles. The van der Waals surface area contributed by atoms with Crippen molar-refractivity contribution in [1.29, 1.82) is 0 Å². The molecule has 0 bridgehead atoms. The maximum absolute atomic E-state index is 11.7. The van der Waals surface area contributed by atoms with Crippen molar-refractivity contribution in [2.24, 2.45) is 11.1 Å². The van der Waals surface area contributed by atoms with Gasteiger partial charge in [-0.2, -0.15) is 4.98 Å². The zero-order chi connectivity index (χ0) is 19.3. The summed E-state index contributed by atoms with van der Waals surface area (Å²) in [7, 11) is 0. The first-order valence-electron chi connectivity index (χ1n) is 9.52. The van der Waals surface area contributed by atoms with Gasteiger partial charge < -0.3 is 21.1 Å². The minimum Gasteiger partial charge on any atom is -0.379 e. The van der Waals surface area contributed by atoms with Crippen LogP contribution in [-0.4, -0.2) is 40.7 Å². The summed E-state index contributed by atoms with van der Waals surface area (Å²) in [5.74, 6) is 0.483. The molecule has 4 N–H and O–H groups in total. The Kier molecular flexibility index (Phi) is 6.81. The molecule has 1 aliphatic carbocycles. The Balaban J connectivity index is 2.08. The molecule has 1 atom stereocenters. The molecule has 26 heavy (non-hydrogen) atoms. The van der Waals surface area contributed by atoms with E-state index in [2.05, 4.69) is 48.3 Å². The van der Waals surface area contributed by atoms with Crippen molar-refractivity contribution in [1.82, 2.24) is 9.97 Å². The number of amides is 1. The first-order valence-corrected chi connectivity index (χ1v) is 9.52. The number of ether oxygens (including phenoxy) is 1. The minimum atomic E-state index is -0.530.